The van der Waals surface area contributed by atoms with E-state index in [0.29, 0.717) is 5.56 Å². The van der Waals surface area contributed by atoms with Crippen LogP contribution in [0.15, 0.2) is 58.1 Å². The number of non-ortho nitro benzene ring substituents is 1. The fourth-order valence-electron chi connectivity index (χ4n) is 2.32. The van der Waals surface area contributed by atoms with Crippen molar-refractivity contribution in [2.24, 2.45) is 5.10 Å². The van der Waals surface area contributed by atoms with Crippen molar-refractivity contribution in [2.45, 2.75) is 6.92 Å². The number of hydrazone groups is 1. The highest BCUT2D eigenvalue weighted by Crippen LogP contribution is 2.26. The van der Waals surface area contributed by atoms with Crippen LogP contribution >= 0.6 is 15.9 Å². The van der Waals surface area contributed by atoms with Crippen LogP contribution in [0.2, 0.25) is 0 Å². The molecule has 0 bridgehead atoms. The first kappa shape index (κ1) is 16.1. The molecule has 7 heteroatoms. The monoisotopic (exact) mass is 384 g/mol. The highest BCUT2D eigenvalue weighted by Gasteiger charge is 2.05. The molecule has 2 aromatic carbocycles. The van der Waals surface area contributed by atoms with Crippen molar-refractivity contribution in [3.8, 4) is 0 Å². The largest absolute Gasteiger partial charge is 0.278 e. The van der Waals surface area contributed by atoms with Crippen LogP contribution in [-0.2, 0) is 0 Å². The predicted molar refractivity (Wildman–Crippen MR) is 98.5 cm³/mol. The number of nitro groups is 1. The molecule has 24 heavy (non-hydrogen) atoms. The zero-order chi connectivity index (χ0) is 17.1. The van der Waals surface area contributed by atoms with Gasteiger partial charge < -0.3 is 0 Å². The standard InChI is InChI=1S/C17H13BrN4O2/c1-11-7-17(15-9-13(18)5-6-16(15)20-11)21-19-10-12-3-2-4-14(8-12)22(23)24/h2-10H,1H3,(H,20,21)/b19-10-. The molecule has 0 aliphatic rings. The average Bonchev–Trinajstić information content (AvgIpc) is 2.55. The third kappa shape index (κ3) is 3.57. The number of benzene rings is 2. The van der Waals surface area contributed by atoms with E-state index in [2.05, 4.69) is 31.4 Å². The van der Waals surface area contributed by atoms with Gasteiger partial charge >= 0.3 is 0 Å². The van der Waals surface area contributed by atoms with Crippen LogP contribution in [-0.4, -0.2) is 16.1 Å². The summed E-state index contributed by atoms with van der Waals surface area (Å²) in [5.74, 6) is 0. The SMILES string of the molecule is Cc1cc(N/N=C\c2cccc([N+](=O)[O-])c2)c2cc(Br)ccc2n1. The van der Waals surface area contributed by atoms with Gasteiger partial charge in [0.25, 0.3) is 5.69 Å². The lowest BCUT2D eigenvalue weighted by molar-refractivity contribution is -0.384. The quantitative estimate of drug-likeness (QED) is 0.402. The van der Waals surface area contributed by atoms with Gasteiger partial charge in [-0.2, -0.15) is 5.10 Å². The molecular formula is C17H13BrN4O2. The molecule has 0 amide bonds. The molecule has 0 saturated heterocycles. The first-order valence-electron chi connectivity index (χ1n) is 7.13. The molecule has 120 valence electrons. The molecule has 0 unspecified atom stereocenters. The van der Waals surface area contributed by atoms with Gasteiger partial charge in [0.1, 0.15) is 0 Å². The maximum Gasteiger partial charge on any atom is 0.270 e. The Labute approximate surface area is 146 Å². The summed E-state index contributed by atoms with van der Waals surface area (Å²) in [4.78, 5) is 14.9. The van der Waals surface area contributed by atoms with E-state index in [-0.39, 0.29) is 5.69 Å². The Balaban J connectivity index is 1.89. The highest BCUT2D eigenvalue weighted by atomic mass is 79.9. The van der Waals surface area contributed by atoms with Crippen LogP contribution in [0, 0.1) is 17.0 Å². The summed E-state index contributed by atoms with van der Waals surface area (Å²) >= 11 is 3.45. The van der Waals surface area contributed by atoms with E-state index in [1.54, 1.807) is 18.3 Å². The van der Waals surface area contributed by atoms with E-state index in [9.17, 15) is 10.1 Å². The lowest BCUT2D eigenvalue weighted by Gasteiger charge is -2.07. The van der Waals surface area contributed by atoms with Gasteiger partial charge in [-0.1, -0.05) is 28.1 Å². The summed E-state index contributed by atoms with van der Waals surface area (Å²) in [6.07, 6.45) is 1.55. The summed E-state index contributed by atoms with van der Waals surface area (Å²) < 4.78 is 0.950. The Hall–Kier alpha value is -2.80. The van der Waals surface area contributed by atoms with Gasteiger partial charge in [0, 0.05) is 33.2 Å². The van der Waals surface area contributed by atoms with E-state index < -0.39 is 4.92 Å². The number of nitro benzene ring substituents is 1. The van der Waals surface area contributed by atoms with Gasteiger partial charge in [0.15, 0.2) is 0 Å². The number of anilines is 1. The molecule has 1 aromatic heterocycles. The average molecular weight is 385 g/mol. The van der Waals surface area contributed by atoms with Gasteiger partial charge in [-0.3, -0.25) is 20.5 Å². The zero-order valence-electron chi connectivity index (χ0n) is 12.7. The number of nitrogens with zero attached hydrogens (tertiary/aromatic N) is 3. The van der Waals surface area contributed by atoms with Gasteiger partial charge in [-0.15, -0.1) is 0 Å². The third-order valence-electron chi connectivity index (χ3n) is 3.38. The molecule has 6 nitrogen and oxygen atoms in total. The van der Waals surface area contributed by atoms with Crippen LogP contribution in [0.5, 0.6) is 0 Å². The van der Waals surface area contributed by atoms with Crippen molar-refractivity contribution in [3.05, 3.63) is 74.4 Å². The van der Waals surface area contributed by atoms with Crippen molar-refractivity contribution < 1.29 is 4.92 Å². The molecule has 0 saturated carbocycles. The van der Waals surface area contributed by atoms with Crippen LogP contribution in [0.3, 0.4) is 0 Å². The summed E-state index contributed by atoms with van der Waals surface area (Å²) in [6, 6.07) is 14.0. The second kappa shape index (κ2) is 6.76. The van der Waals surface area contributed by atoms with Gasteiger partial charge in [0.05, 0.1) is 22.3 Å². The summed E-state index contributed by atoms with van der Waals surface area (Å²) in [6.45, 7) is 1.91. The Bertz CT molecular complexity index is 956. The van der Waals surface area contributed by atoms with Gasteiger partial charge in [0.2, 0.25) is 0 Å². The smallest absolute Gasteiger partial charge is 0.270 e. The number of aryl methyl sites for hydroxylation is 1. The molecule has 3 aromatic rings. The number of fused-ring (bicyclic) bond motifs is 1. The molecule has 0 aliphatic carbocycles. The van der Waals surface area contributed by atoms with Crippen molar-refractivity contribution in [2.75, 3.05) is 5.43 Å². The van der Waals surface area contributed by atoms with E-state index in [1.165, 1.54) is 12.1 Å². The molecule has 1 N–H and O–H groups in total. The maximum absolute atomic E-state index is 10.8. The number of hydrogen-bond acceptors (Lipinski definition) is 5. The number of pyridine rings is 1. The second-order valence-electron chi connectivity index (χ2n) is 5.19. The number of aromatic nitrogens is 1. The van der Waals surface area contributed by atoms with Crippen molar-refractivity contribution in [1.82, 2.24) is 4.98 Å². The number of halogens is 1. The van der Waals surface area contributed by atoms with E-state index in [4.69, 9.17) is 0 Å². The molecule has 0 fully saturated rings. The zero-order valence-corrected chi connectivity index (χ0v) is 14.3. The number of nitrogens with one attached hydrogen (secondary N) is 1. The van der Waals surface area contributed by atoms with Gasteiger partial charge in [-0.05, 0) is 31.2 Å². The first-order valence-corrected chi connectivity index (χ1v) is 7.93. The van der Waals surface area contributed by atoms with Crippen molar-refractivity contribution in [3.63, 3.8) is 0 Å². The van der Waals surface area contributed by atoms with Crippen LogP contribution < -0.4 is 5.43 Å². The molecule has 3 rings (SSSR count). The topological polar surface area (TPSA) is 80.4 Å². The molecule has 0 atom stereocenters. The second-order valence-corrected chi connectivity index (χ2v) is 6.11. The molecule has 0 radical (unpaired) electrons. The normalized spacial score (nSPS) is 11.1. The van der Waals surface area contributed by atoms with Crippen LogP contribution in [0.1, 0.15) is 11.3 Å². The molecule has 0 aliphatic heterocycles. The maximum atomic E-state index is 10.8. The molecular weight excluding hydrogens is 372 g/mol. The predicted octanol–water partition coefficient (Wildman–Crippen LogP) is 4.66. The Kier molecular flexibility index (Phi) is 4.52. The lowest BCUT2D eigenvalue weighted by atomic mass is 10.1. The van der Waals surface area contributed by atoms with Crippen LogP contribution in [0.4, 0.5) is 11.4 Å². The summed E-state index contributed by atoms with van der Waals surface area (Å²) in [7, 11) is 0. The number of hydrogen-bond donors (Lipinski definition) is 1. The van der Waals surface area contributed by atoms with Crippen LogP contribution in [0.25, 0.3) is 10.9 Å². The Morgan fingerprint density at radius 2 is 2.08 bits per heavy atom. The molecule has 0 spiro atoms. The first-order chi connectivity index (χ1) is 11.5. The van der Waals surface area contributed by atoms with E-state index >= 15 is 0 Å². The Morgan fingerprint density at radius 1 is 1.25 bits per heavy atom. The lowest BCUT2D eigenvalue weighted by Crippen LogP contribution is -1.95. The third-order valence-corrected chi connectivity index (χ3v) is 3.87. The minimum atomic E-state index is -0.429. The molecule has 1 heterocycles. The fourth-order valence-corrected chi connectivity index (χ4v) is 2.68. The summed E-state index contributed by atoms with van der Waals surface area (Å²) in [5.41, 5.74) is 6.23. The van der Waals surface area contributed by atoms with Gasteiger partial charge in [-0.25, -0.2) is 0 Å². The van der Waals surface area contributed by atoms with E-state index in [1.807, 2.05) is 31.2 Å². The van der Waals surface area contributed by atoms with E-state index in [0.717, 1.165) is 26.8 Å². The minimum absolute atomic E-state index is 0.0353. The van der Waals surface area contributed by atoms with Crippen molar-refractivity contribution >= 4 is 44.4 Å². The Morgan fingerprint density at radius 3 is 2.88 bits per heavy atom. The fraction of sp³-hybridized carbons (Fsp3) is 0.0588. The van der Waals surface area contributed by atoms with Crippen molar-refractivity contribution in [1.29, 1.82) is 0 Å². The highest BCUT2D eigenvalue weighted by molar-refractivity contribution is 9.10. The minimum Gasteiger partial charge on any atom is -0.278 e. The number of rotatable bonds is 4. The summed E-state index contributed by atoms with van der Waals surface area (Å²) in [5, 5.41) is 15.9.